The number of hydrogen-bond donors (Lipinski definition) is 2. The Labute approximate surface area is 196 Å². The zero-order valence-corrected chi connectivity index (χ0v) is 18.7. The molecule has 10 heteroatoms. The number of ether oxygens (including phenoxy) is 1. The molecule has 1 aromatic carbocycles. The molecule has 1 saturated carbocycles. The summed E-state index contributed by atoms with van der Waals surface area (Å²) >= 11 is 0. The maximum Gasteiger partial charge on any atom is 0.254 e. The first kappa shape index (κ1) is 23.2. The molecule has 3 atom stereocenters. The van der Waals surface area contributed by atoms with Crippen molar-refractivity contribution < 1.29 is 18.7 Å². The molecule has 1 fully saturated rings. The van der Waals surface area contributed by atoms with Gasteiger partial charge in [-0.1, -0.05) is 12.1 Å². The van der Waals surface area contributed by atoms with Gasteiger partial charge in [0.05, 0.1) is 13.3 Å². The summed E-state index contributed by atoms with van der Waals surface area (Å²) in [6.07, 6.45) is 5.37. The zero-order valence-electron chi connectivity index (χ0n) is 18.7. The summed E-state index contributed by atoms with van der Waals surface area (Å²) in [4.78, 5) is 34.3. The van der Waals surface area contributed by atoms with Crippen LogP contribution in [-0.4, -0.2) is 45.9 Å². The first-order valence-corrected chi connectivity index (χ1v) is 11.0. The van der Waals surface area contributed by atoms with Crippen LogP contribution in [0.3, 0.4) is 0 Å². The fourth-order valence-electron chi connectivity index (χ4n) is 4.53. The second-order valence-corrected chi connectivity index (χ2v) is 8.40. The lowest BCUT2D eigenvalue weighted by molar-refractivity contribution is -0.113. The number of benzene rings is 1. The number of alkyl halides is 1. The second kappa shape index (κ2) is 9.87. The van der Waals surface area contributed by atoms with E-state index < -0.39 is 12.1 Å². The quantitative estimate of drug-likeness (QED) is 0.602. The SMILES string of the molecule is COc1nc(N[C@@H]2CCC[C@H](N3Cc4ccc(C(F)C=CC(N)=O)cc4C3=O)C2)ncc1C#N. The van der Waals surface area contributed by atoms with Crippen LogP contribution < -0.4 is 15.8 Å². The van der Waals surface area contributed by atoms with Crippen LogP contribution in [0.4, 0.5) is 10.3 Å². The molecule has 1 aliphatic heterocycles. The van der Waals surface area contributed by atoms with E-state index >= 15 is 0 Å². The van der Waals surface area contributed by atoms with Gasteiger partial charge in [0.25, 0.3) is 5.91 Å². The Morgan fingerprint density at radius 1 is 1.44 bits per heavy atom. The molecule has 4 rings (SSSR count). The van der Waals surface area contributed by atoms with E-state index in [4.69, 9.17) is 15.7 Å². The monoisotopic (exact) mass is 464 g/mol. The van der Waals surface area contributed by atoms with Crippen molar-refractivity contribution in [1.29, 1.82) is 5.26 Å². The summed E-state index contributed by atoms with van der Waals surface area (Å²) < 4.78 is 19.6. The number of nitrogens with one attached hydrogen (secondary N) is 1. The first-order chi connectivity index (χ1) is 16.4. The molecule has 1 unspecified atom stereocenters. The summed E-state index contributed by atoms with van der Waals surface area (Å²) in [5, 5.41) is 12.4. The molecule has 176 valence electrons. The Morgan fingerprint density at radius 2 is 2.26 bits per heavy atom. The van der Waals surface area contributed by atoms with Gasteiger partial charge in [-0.3, -0.25) is 9.59 Å². The normalized spacial score (nSPS) is 20.6. The maximum atomic E-state index is 14.4. The number of amides is 2. The number of rotatable bonds is 7. The van der Waals surface area contributed by atoms with Crippen molar-refractivity contribution in [3.63, 3.8) is 0 Å². The van der Waals surface area contributed by atoms with Gasteiger partial charge < -0.3 is 20.7 Å². The van der Waals surface area contributed by atoms with E-state index in [1.165, 1.54) is 13.3 Å². The van der Waals surface area contributed by atoms with Crippen LogP contribution >= 0.6 is 0 Å². The van der Waals surface area contributed by atoms with Crippen molar-refractivity contribution >= 4 is 17.8 Å². The van der Waals surface area contributed by atoms with Gasteiger partial charge in [-0.15, -0.1) is 0 Å². The summed E-state index contributed by atoms with van der Waals surface area (Å²) in [5.74, 6) is -0.258. The molecule has 0 bridgehead atoms. The van der Waals surface area contributed by atoms with Crippen LogP contribution in [0, 0.1) is 11.3 Å². The smallest absolute Gasteiger partial charge is 0.254 e. The molecule has 1 aliphatic carbocycles. The van der Waals surface area contributed by atoms with Crippen LogP contribution in [0.5, 0.6) is 5.88 Å². The molecular formula is C24H25FN6O3. The van der Waals surface area contributed by atoms with Gasteiger partial charge in [0.1, 0.15) is 17.8 Å². The van der Waals surface area contributed by atoms with Gasteiger partial charge in [-0.05, 0) is 49.0 Å². The number of anilines is 1. The minimum Gasteiger partial charge on any atom is -0.480 e. The van der Waals surface area contributed by atoms with Gasteiger partial charge in [-0.25, -0.2) is 9.37 Å². The van der Waals surface area contributed by atoms with Gasteiger partial charge in [0.2, 0.25) is 17.7 Å². The fourth-order valence-corrected chi connectivity index (χ4v) is 4.53. The number of fused-ring (bicyclic) bond motifs is 1. The molecule has 2 aromatic rings. The van der Waals surface area contributed by atoms with Gasteiger partial charge >= 0.3 is 0 Å². The Kier molecular flexibility index (Phi) is 6.72. The fraction of sp³-hybridized carbons (Fsp3) is 0.375. The molecule has 0 spiro atoms. The lowest BCUT2D eigenvalue weighted by atomic mass is 9.90. The van der Waals surface area contributed by atoms with E-state index in [0.29, 0.717) is 30.0 Å². The highest BCUT2D eigenvalue weighted by Crippen LogP contribution is 2.34. The highest BCUT2D eigenvalue weighted by Gasteiger charge is 2.36. The Morgan fingerprint density at radius 3 is 3.00 bits per heavy atom. The highest BCUT2D eigenvalue weighted by atomic mass is 19.1. The number of primary amides is 1. The number of methoxy groups -OCH3 is 1. The number of hydrogen-bond acceptors (Lipinski definition) is 7. The standard InChI is InChI=1S/C24H25FN6O3/c1-34-22-16(11-26)12-28-24(30-22)29-17-3-2-4-18(10-17)31-13-15-6-5-14(9-19(15)23(31)33)20(25)7-8-21(27)32/h5-9,12,17-18,20H,2-4,10,13H2,1H3,(H2,27,32)(H,28,29,30)/t17-,18+,20?/m1/s1. The van der Waals surface area contributed by atoms with E-state index in [2.05, 4.69) is 15.3 Å². The van der Waals surface area contributed by atoms with Crippen molar-refractivity contribution in [2.24, 2.45) is 5.73 Å². The maximum absolute atomic E-state index is 14.4. The van der Waals surface area contributed by atoms with Crippen molar-refractivity contribution in [3.05, 3.63) is 58.8 Å². The van der Waals surface area contributed by atoms with Crippen LogP contribution in [0.1, 0.15) is 58.9 Å². The predicted molar refractivity (Wildman–Crippen MR) is 121 cm³/mol. The number of nitrogens with zero attached hydrogens (tertiary/aromatic N) is 4. The Balaban J connectivity index is 1.44. The molecule has 2 heterocycles. The van der Waals surface area contributed by atoms with Crippen molar-refractivity contribution in [2.75, 3.05) is 12.4 Å². The molecule has 2 amide bonds. The number of carbonyl (C=O) groups is 2. The van der Waals surface area contributed by atoms with Gasteiger partial charge in [0.15, 0.2) is 0 Å². The summed E-state index contributed by atoms with van der Waals surface area (Å²) in [6, 6.07) is 7.02. The van der Waals surface area contributed by atoms with Crippen molar-refractivity contribution in [1.82, 2.24) is 14.9 Å². The average Bonchev–Trinajstić information content (AvgIpc) is 3.18. The minimum atomic E-state index is -1.52. The zero-order chi connectivity index (χ0) is 24.2. The van der Waals surface area contributed by atoms with E-state index in [1.807, 2.05) is 11.0 Å². The minimum absolute atomic E-state index is 0.0193. The molecule has 3 N–H and O–H groups in total. The van der Waals surface area contributed by atoms with Gasteiger partial charge in [0, 0.05) is 30.3 Å². The van der Waals surface area contributed by atoms with E-state index in [9.17, 15) is 14.0 Å². The van der Waals surface area contributed by atoms with Gasteiger partial charge in [-0.2, -0.15) is 10.2 Å². The van der Waals surface area contributed by atoms with Crippen LogP contribution in [0.2, 0.25) is 0 Å². The van der Waals surface area contributed by atoms with Crippen molar-refractivity contribution in [2.45, 2.75) is 50.5 Å². The predicted octanol–water partition coefficient (Wildman–Crippen LogP) is 2.79. The van der Waals surface area contributed by atoms with E-state index in [-0.39, 0.29) is 29.4 Å². The number of nitrogens with two attached hydrogens (primary N) is 1. The van der Waals surface area contributed by atoms with Crippen LogP contribution in [0.15, 0.2) is 36.5 Å². The number of nitriles is 1. The molecule has 34 heavy (non-hydrogen) atoms. The largest absolute Gasteiger partial charge is 0.480 e. The van der Waals surface area contributed by atoms with E-state index in [0.717, 1.165) is 37.0 Å². The summed E-state index contributed by atoms with van der Waals surface area (Å²) in [5.41, 5.74) is 6.95. The summed E-state index contributed by atoms with van der Waals surface area (Å²) in [6.45, 7) is 0.473. The average molecular weight is 465 g/mol. The molecule has 0 radical (unpaired) electrons. The molecular weight excluding hydrogens is 439 g/mol. The Hall–Kier alpha value is -4.00. The molecule has 2 aliphatic rings. The van der Waals surface area contributed by atoms with E-state index in [1.54, 1.807) is 18.2 Å². The molecule has 1 aromatic heterocycles. The third-order valence-electron chi connectivity index (χ3n) is 6.20. The first-order valence-electron chi connectivity index (χ1n) is 11.0. The van der Waals surface area contributed by atoms with Crippen LogP contribution in [0.25, 0.3) is 0 Å². The highest BCUT2D eigenvalue weighted by molar-refractivity contribution is 5.98. The lowest BCUT2D eigenvalue weighted by Gasteiger charge is -2.35. The topological polar surface area (TPSA) is 134 Å². The second-order valence-electron chi connectivity index (χ2n) is 8.40. The lowest BCUT2D eigenvalue weighted by Crippen LogP contribution is -2.42. The number of halogens is 1. The Bertz CT molecular complexity index is 1180. The van der Waals surface area contributed by atoms with Crippen LogP contribution in [-0.2, 0) is 11.3 Å². The molecule has 0 saturated heterocycles. The third kappa shape index (κ3) is 4.83. The molecule has 9 nitrogen and oxygen atoms in total. The third-order valence-corrected chi connectivity index (χ3v) is 6.20. The summed E-state index contributed by atoms with van der Waals surface area (Å²) in [7, 11) is 1.45. The number of allylic oxidation sites excluding steroid dienone is 1. The number of carbonyl (C=O) groups excluding carboxylic acids is 2. The van der Waals surface area contributed by atoms with Crippen molar-refractivity contribution in [3.8, 4) is 11.9 Å². The number of aromatic nitrogens is 2.